The predicted octanol–water partition coefficient (Wildman–Crippen LogP) is 3.19. The maximum Gasteiger partial charge on any atom is 0.124 e. The van der Waals surface area contributed by atoms with Crippen molar-refractivity contribution in [2.45, 2.75) is 18.2 Å². The van der Waals surface area contributed by atoms with E-state index in [0.717, 1.165) is 27.5 Å². The summed E-state index contributed by atoms with van der Waals surface area (Å²) in [5.74, 6) is 1.01. The minimum absolute atomic E-state index is 0.441. The summed E-state index contributed by atoms with van der Waals surface area (Å²) in [6.45, 7) is 2.08. The SMILES string of the molecule is CCSc1ccc(CC=O)cc1Cl. The summed E-state index contributed by atoms with van der Waals surface area (Å²) in [5, 5.41) is 0.742. The van der Waals surface area contributed by atoms with Crippen LogP contribution in [0.25, 0.3) is 0 Å². The van der Waals surface area contributed by atoms with Crippen molar-refractivity contribution in [1.82, 2.24) is 0 Å². The van der Waals surface area contributed by atoms with Crippen LogP contribution in [0.5, 0.6) is 0 Å². The van der Waals surface area contributed by atoms with Gasteiger partial charge in [-0.1, -0.05) is 24.6 Å². The third kappa shape index (κ3) is 3.05. The molecule has 0 saturated carbocycles. The number of benzene rings is 1. The molecule has 0 aliphatic rings. The minimum atomic E-state index is 0.441. The van der Waals surface area contributed by atoms with E-state index < -0.39 is 0 Å². The van der Waals surface area contributed by atoms with Gasteiger partial charge in [-0.25, -0.2) is 0 Å². The van der Waals surface area contributed by atoms with Gasteiger partial charge in [-0.2, -0.15) is 0 Å². The van der Waals surface area contributed by atoms with Crippen LogP contribution >= 0.6 is 23.4 Å². The molecule has 0 bridgehead atoms. The zero-order valence-corrected chi connectivity index (χ0v) is 8.99. The van der Waals surface area contributed by atoms with E-state index in [1.165, 1.54) is 0 Å². The molecular formula is C10H11ClOS. The first-order valence-electron chi connectivity index (χ1n) is 4.12. The quantitative estimate of drug-likeness (QED) is 0.566. The van der Waals surface area contributed by atoms with Crippen LogP contribution < -0.4 is 0 Å². The molecule has 70 valence electrons. The van der Waals surface area contributed by atoms with Gasteiger partial charge in [-0.05, 0) is 23.4 Å². The van der Waals surface area contributed by atoms with Crippen molar-refractivity contribution in [3.63, 3.8) is 0 Å². The summed E-state index contributed by atoms with van der Waals surface area (Å²) < 4.78 is 0. The van der Waals surface area contributed by atoms with Gasteiger partial charge in [-0.15, -0.1) is 11.8 Å². The smallest absolute Gasteiger partial charge is 0.124 e. The number of carbonyl (C=O) groups excluding carboxylic acids is 1. The molecule has 0 radical (unpaired) electrons. The van der Waals surface area contributed by atoms with Crippen LogP contribution in [0.15, 0.2) is 23.1 Å². The molecule has 0 amide bonds. The Labute approximate surface area is 87.5 Å². The van der Waals surface area contributed by atoms with Gasteiger partial charge in [0.25, 0.3) is 0 Å². The van der Waals surface area contributed by atoms with Crippen LogP contribution in [0, 0.1) is 0 Å². The highest BCUT2D eigenvalue weighted by Gasteiger charge is 2.00. The highest BCUT2D eigenvalue weighted by atomic mass is 35.5. The number of thioether (sulfide) groups is 1. The number of rotatable bonds is 4. The van der Waals surface area contributed by atoms with Crippen LogP contribution in [-0.2, 0) is 11.2 Å². The Balaban J connectivity index is 2.84. The van der Waals surface area contributed by atoms with Crippen molar-refractivity contribution < 1.29 is 4.79 Å². The van der Waals surface area contributed by atoms with Gasteiger partial charge in [0.05, 0.1) is 5.02 Å². The lowest BCUT2D eigenvalue weighted by Gasteiger charge is -2.03. The summed E-state index contributed by atoms with van der Waals surface area (Å²) in [5.41, 5.74) is 0.973. The molecule has 0 fully saturated rings. The molecule has 3 heteroatoms. The van der Waals surface area contributed by atoms with Gasteiger partial charge in [0.1, 0.15) is 6.29 Å². The van der Waals surface area contributed by atoms with Gasteiger partial charge >= 0.3 is 0 Å². The van der Waals surface area contributed by atoms with E-state index in [0.29, 0.717) is 6.42 Å². The van der Waals surface area contributed by atoms with Crippen LogP contribution in [0.4, 0.5) is 0 Å². The zero-order chi connectivity index (χ0) is 9.68. The molecule has 0 N–H and O–H groups in total. The second kappa shape index (κ2) is 5.30. The second-order valence-corrected chi connectivity index (χ2v) is 4.28. The fourth-order valence-electron chi connectivity index (χ4n) is 1.04. The number of hydrogen-bond donors (Lipinski definition) is 0. The lowest BCUT2D eigenvalue weighted by molar-refractivity contribution is -0.107. The fraction of sp³-hybridized carbons (Fsp3) is 0.300. The second-order valence-electron chi connectivity index (χ2n) is 2.57. The summed E-state index contributed by atoms with van der Waals surface area (Å²) in [6.07, 6.45) is 1.33. The van der Waals surface area contributed by atoms with Crippen LogP contribution in [0.2, 0.25) is 5.02 Å². The number of halogens is 1. The molecule has 1 aromatic rings. The van der Waals surface area contributed by atoms with E-state index in [2.05, 4.69) is 6.92 Å². The van der Waals surface area contributed by atoms with Gasteiger partial charge < -0.3 is 4.79 Å². The molecule has 1 aromatic carbocycles. The first-order valence-corrected chi connectivity index (χ1v) is 5.49. The third-order valence-electron chi connectivity index (χ3n) is 1.62. The van der Waals surface area contributed by atoms with Gasteiger partial charge in [0.2, 0.25) is 0 Å². The Morgan fingerprint density at radius 2 is 2.31 bits per heavy atom. The molecule has 1 nitrogen and oxygen atoms in total. The summed E-state index contributed by atoms with van der Waals surface area (Å²) in [7, 11) is 0. The lowest BCUT2D eigenvalue weighted by Crippen LogP contribution is -1.86. The minimum Gasteiger partial charge on any atom is -0.303 e. The zero-order valence-electron chi connectivity index (χ0n) is 7.42. The molecular weight excluding hydrogens is 204 g/mol. The highest BCUT2D eigenvalue weighted by molar-refractivity contribution is 7.99. The molecule has 1 rings (SSSR count). The first-order chi connectivity index (χ1) is 6.27. The molecule has 0 heterocycles. The molecule has 0 saturated heterocycles. The maximum atomic E-state index is 10.2. The van der Waals surface area contributed by atoms with E-state index in [9.17, 15) is 4.79 Å². The van der Waals surface area contributed by atoms with Crippen LogP contribution in [-0.4, -0.2) is 12.0 Å². The normalized spacial score (nSPS) is 10.0. The Morgan fingerprint density at radius 1 is 1.54 bits per heavy atom. The van der Waals surface area contributed by atoms with E-state index in [4.69, 9.17) is 11.6 Å². The van der Waals surface area contributed by atoms with Crippen molar-refractivity contribution >= 4 is 29.6 Å². The highest BCUT2D eigenvalue weighted by Crippen LogP contribution is 2.27. The Bertz CT molecular complexity index is 299. The van der Waals surface area contributed by atoms with Crippen molar-refractivity contribution in [2.24, 2.45) is 0 Å². The largest absolute Gasteiger partial charge is 0.303 e. The molecule has 0 atom stereocenters. The summed E-state index contributed by atoms with van der Waals surface area (Å²) >= 11 is 7.72. The van der Waals surface area contributed by atoms with Crippen LogP contribution in [0.3, 0.4) is 0 Å². The maximum absolute atomic E-state index is 10.2. The lowest BCUT2D eigenvalue weighted by atomic mass is 10.2. The summed E-state index contributed by atoms with van der Waals surface area (Å²) in [4.78, 5) is 11.3. The average molecular weight is 215 g/mol. The predicted molar refractivity (Wildman–Crippen MR) is 57.6 cm³/mol. The molecule has 0 aliphatic carbocycles. The summed E-state index contributed by atoms with van der Waals surface area (Å²) in [6, 6.07) is 5.77. The number of aldehydes is 1. The third-order valence-corrected chi connectivity index (χ3v) is 3.00. The van der Waals surface area contributed by atoms with Crippen molar-refractivity contribution in [1.29, 1.82) is 0 Å². The molecule has 0 aromatic heterocycles. The standard InChI is InChI=1S/C10H11ClOS/c1-2-13-10-4-3-8(5-6-12)7-9(10)11/h3-4,6-7H,2,5H2,1H3. The van der Waals surface area contributed by atoms with Gasteiger partial charge in [0, 0.05) is 11.3 Å². The molecule has 0 unspecified atom stereocenters. The monoisotopic (exact) mass is 214 g/mol. The van der Waals surface area contributed by atoms with Crippen molar-refractivity contribution in [3.8, 4) is 0 Å². The van der Waals surface area contributed by atoms with Crippen LogP contribution in [0.1, 0.15) is 12.5 Å². The molecule has 13 heavy (non-hydrogen) atoms. The Kier molecular flexibility index (Phi) is 4.33. The number of carbonyl (C=O) groups is 1. The Morgan fingerprint density at radius 3 is 2.85 bits per heavy atom. The van der Waals surface area contributed by atoms with E-state index in [-0.39, 0.29) is 0 Å². The van der Waals surface area contributed by atoms with Gasteiger partial charge in [-0.3, -0.25) is 0 Å². The topological polar surface area (TPSA) is 17.1 Å². The molecule has 0 aliphatic heterocycles. The van der Waals surface area contributed by atoms with Crippen molar-refractivity contribution in [3.05, 3.63) is 28.8 Å². The number of hydrogen-bond acceptors (Lipinski definition) is 2. The molecule has 0 spiro atoms. The van der Waals surface area contributed by atoms with Crippen molar-refractivity contribution in [2.75, 3.05) is 5.75 Å². The van der Waals surface area contributed by atoms with Gasteiger partial charge in [0.15, 0.2) is 0 Å². The average Bonchev–Trinajstić information content (AvgIpc) is 2.10. The Hall–Kier alpha value is -0.470. The van der Waals surface area contributed by atoms with E-state index in [1.54, 1.807) is 11.8 Å². The first kappa shape index (κ1) is 10.6. The fourth-order valence-corrected chi connectivity index (χ4v) is 2.08. The van der Waals surface area contributed by atoms with E-state index >= 15 is 0 Å². The van der Waals surface area contributed by atoms with E-state index in [1.807, 2.05) is 18.2 Å².